The van der Waals surface area contributed by atoms with Crippen LogP contribution in [0.1, 0.15) is 44.8 Å². The lowest BCUT2D eigenvalue weighted by atomic mass is 9.73. The fraction of sp³-hybridized carbons (Fsp3) is 0.600. The molecular formula is C15H20ClFO. The van der Waals surface area contributed by atoms with Crippen molar-refractivity contribution in [2.24, 2.45) is 17.8 Å². The predicted octanol–water partition coefficient (Wildman–Crippen LogP) is 4.58. The summed E-state index contributed by atoms with van der Waals surface area (Å²) in [5.74, 6) is 0.872. The molecule has 1 fully saturated rings. The Morgan fingerprint density at radius 1 is 1.22 bits per heavy atom. The predicted molar refractivity (Wildman–Crippen MR) is 72.0 cm³/mol. The van der Waals surface area contributed by atoms with E-state index in [4.69, 9.17) is 11.6 Å². The summed E-state index contributed by atoms with van der Waals surface area (Å²) in [6.07, 6.45) is 2.28. The van der Waals surface area contributed by atoms with Gasteiger partial charge in [-0.1, -0.05) is 31.5 Å². The van der Waals surface area contributed by atoms with Crippen LogP contribution in [0.5, 0.6) is 0 Å². The van der Waals surface area contributed by atoms with Crippen molar-refractivity contribution in [3.8, 4) is 0 Å². The highest BCUT2D eigenvalue weighted by atomic mass is 35.5. The van der Waals surface area contributed by atoms with Crippen molar-refractivity contribution in [2.45, 2.75) is 39.2 Å². The van der Waals surface area contributed by atoms with Crippen LogP contribution >= 0.6 is 11.6 Å². The lowest BCUT2D eigenvalue weighted by molar-refractivity contribution is 0.0527. The van der Waals surface area contributed by atoms with E-state index in [1.54, 1.807) is 12.1 Å². The second-order valence-corrected chi connectivity index (χ2v) is 6.16. The zero-order valence-electron chi connectivity index (χ0n) is 10.9. The van der Waals surface area contributed by atoms with Gasteiger partial charge in [0.1, 0.15) is 5.82 Å². The Morgan fingerprint density at radius 2 is 1.83 bits per heavy atom. The molecule has 1 aromatic rings. The smallest absolute Gasteiger partial charge is 0.130 e. The van der Waals surface area contributed by atoms with Gasteiger partial charge in [-0.25, -0.2) is 4.39 Å². The average Bonchev–Trinajstić information content (AvgIpc) is 2.27. The highest BCUT2D eigenvalue weighted by Crippen LogP contribution is 2.41. The summed E-state index contributed by atoms with van der Waals surface area (Å²) in [6, 6.07) is 4.57. The minimum atomic E-state index is -0.788. The summed E-state index contributed by atoms with van der Waals surface area (Å²) in [5, 5.41) is 10.7. The molecule has 0 heterocycles. The summed E-state index contributed by atoms with van der Waals surface area (Å²) in [7, 11) is 0. The van der Waals surface area contributed by atoms with Gasteiger partial charge in [0.15, 0.2) is 0 Å². The quantitative estimate of drug-likeness (QED) is 0.834. The molecule has 100 valence electrons. The van der Waals surface area contributed by atoms with Crippen LogP contribution in [0.4, 0.5) is 4.39 Å². The third kappa shape index (κ3) is 2.86. The van der Waals surface area contributed by atoms with Crippen LogP contribution in [0, 0.1) is 23.6 Å². The Bertz CT molecular complexity index is 391. The second-order valence-electron chi connectivity index (χ2n) is 5.76. The van der Waals surface area contributed by atoms with Gasteiger partial charge in [-0.3, -0.25) is 0 Å². The van der Waals surface area contributed by atoms with Gasteiger partial charge in [-0.15, -0.1) is 0 Å². The highest BCUT2D eigenvalue weighted by molar-refractivity contribution is 6.31. The van der Waals surface area contributed by atoms with Gasteiger partial charge in [0, 0.05) is 10.6 Å². The van der Waals surface area contributed by atoms with Gasteiger partial charge < -0.3 is 5.11 Å². The number of hydrogen-bond donors (Lipinski definition) is 1. The summed E-state index contributed by atoms with van der Waals surface area (Å²) in [6.45, 7) is 4.39. The van der Waals surface area contributed by atoms with Gasteiger partial charge >= 0.3 is 0 Å². The number of rotatable bonds is 2. The average molecular weight is 271 g/mol. The van der Waals surface area contributed by atoms with Gasteiger partial charge in [0.2, 0.25) is 0 Å². The van der Waals surface area contributed by atoms with E-state index in [9.17, 15) is 9.50 Å². The van der Waals surface area contributed by atoms with Crippen LogP contribution in [0.25, 0.3) is 0 Å². The number of halogens is 2. The summed E-state index contributed by atoms with van der Waals surface area (Å²) in [4.78, 5) is 0. The molecule has 0 bridgehead atoms. The maximum absolute atomic E-state index is 13.8. The van der Waals surface area contributed by atoms with Gasteiger partial charge in [0.25, 0.3) is 0 Å². The molecule has 1 saturated carbocycles. The van der Waals surface area contributed by atoms with Crippen molar-refractivity contribution in [3.63, 3.8) is 0 Å². The molecule has 1 N–H and O–H groups in total. The third-order valence-corrected chi connectivity index (χ3v) is 4.29. The molecule has 1 aromatic carbocycles. The van der Waals surface area contributed by atoms with E-state index in [1.165, 1.54) is 12.5 Å². The third-order valence-electron chi connectivity index (χ3n) is 3.96. The molecule has 1 nitrogen and oxygen atoms in total. The first-order chi connectivity index (χ1) is 8.49. The van der Waals surface area contributed by atoms with Crippen molar-refractivity contribution in [2.75, 3.05) is 0 Å². The minimum Gasteiger partial charge on any atom is -0.388 e. The molecule has 18 heavy (non-hydrogen) atoms. The van der Waals surface area contributed by atoms with Crippen molar-refractivity contribution < 1.29 is 9.50 Å². The van der Waals surface area contributed by atoms with Crippen molar-refractivity contribution in [1.29, 1.82) is 0 Å². The Balaban J connectivity index is 2.22. The lowest BCUT2D eigenvalue weighted by Gasteiger charge is -2.34. The Labute approximate surface area is 113 Å². The highest BCUT2D eigenvalue weighted by Gasteiger charge is 2.32. The van der Waals surface area contributed by atoms with Crippen molar-refractivity contribution in [3.05, 3.63) is 34.6 Å². The van der Waals surface area contributed by atoms with E-state index < -0.39 is 11.9 Å². The van der Waals surface area contributed by atoms with Crippen LogP contribution in [-0.4, -0.2) is 5.11 Å². The normalized spacial score (nSPS) is 30.2. The number of benzene rings is 1. The van der Waals surface area contributed by atoms with E-state index in [0.717, 1.165) is 12.8 Å². The fourth-order valence-corrected chi connectivity index (χ4v) is 3.57. The topological polar surface area (TPSA) is 20.2 Å². The van der Waals surface area contributed by atoms with E-state index in [2.05, 4.69) is 13.8 Å². The number of aliphatic hydroxyl groups is 1. The molecule has 0 radical (unpaired) electrons. The SMILES string of the molecule is CC1CC(C)CC(C(O)c2c(F)cccc2Cl)C1. The zero-order valence-corrected chi connectivity index (χ0v) is 11.6. The maximum atomic E-state index is 13.8. The molecule has 3 heteroatoms. The van der Waals surface area contributed by atoms with Crippen LogP contribution in [0.15, 0.2) is 18.2 Å². The van der Waals surface area contributed by atoms with Crippen LogP contribution in [-0.2, 0) is 0 Å². The molecule has 1 aliphatic rings. The number of hydrogen-bond acceptors (Lipinski definition) is 1. The monoisotopic (exact) mass is 270 g/mol. The van der Waals surface area contributed by atoms with E-state index in [1.807, 2.05) is 0 Å². The molecule has 3 atom stereocenters. The number of aliphatic hydroxyl groups excluding tert-OH is 1. The molecule has 0 aromatic heterocycles. The van der Waals surface area contributed by atoms with Gasteiger partial charge in [-0.05, 0) is 49.1 Å². The van der Waals surface area contributed by atoms with Crippen LogP contribution in [0.2, 0.25) is 5.02 Å². The largest absolute Gasteiger partial charge is 0.388 e. The summed E-state index contributed by atoms with van der Waals surface area (Å²) in [5.41, 5.74) is 0.269. The maximum Gasteiger partial charge on any atom is 0.130 e. The second kappa shape index (κ2) is 5.58. The first kappa shape index (κ1) is 13.8. The standard InChI is InChI=1S/C15H20ClFO/c1-9-6-10(2)8-11(7-9)15(18)14-12(16)4-3-5-13(14)17/h3-5,9-11,15,18H,6-8H2,1-2H3. The molecule has 1 aliphatic carbocycles. The van der Waals surface area contributed by atoms with Gasteiger partial charge in [0.05, 0.1) is 6.10 Å². The first-order valence-electron chi connectivity index (χ1n) is 6.61. The first-order valence-corrected chi connectivity index (χ1v) is 6.98. The molecular weight excluding hydrogens is 251 g/mol. The van der Waals surface area contributed by atoms with Crippen LogP contribution < -0.4 is 0 Å². The minimum absolute atomic E-state index is 0.109. The molecule has 0 aliphatic heterocycles. The molecule has 0 saturated heterocycles. The molecule has 0 spiro atoms. The van der Waals surface area contributed by atoms with E-state index >= 15 is 0 Å². The van der Waals surface area contributed by atoms with E-state index in [0.29, 0.717) is 16.9 Å². The summed E-state index contributed by atoms with van der Waals surface area (Å²) >= 11 is 6.02. The Kier molecular flexibility index (Phi) is 4.29. The zero-order chi connectivity index (χ0) is 13.3. The Hall–Kier alpha value is -0.600. The van der Waals surface area contributed by atoms with Crippen molar-refractivity contribution >= 4 is 11.6 Å². The molecule has 2 rings (SSSR count). The fourth-order valence-electron chi connectivity index (χ4n) is 3.30. The molecule has 0 amide bonds. The van der Waals surface area contributed by atoms with Crippen molar-refractivity contribution in [1.82, 2.24) is 0 Å². The molecule has 3 unspecified atom stereocenters. The van der Waals surface area contributed by atoms with E-state index in [-0.39, 0.29) is 11.5 Å². The Morgan fingerprint density at radius 3 is 2.39 bits per heavy atom. The van der Waals surface area contributed by atoms with Crippen LogP contribution in [0.3, 0.4) is 0 Å². The lowest BCUT2D eigenvalue weighted by Crippen LogP contribution is -2.25. The van der Waals surface area contributed by atoms with Gasteiger partial charge in [-0.2, -0.15) is 0 Å². The summed E-state index contributed by atoms with van der Waals surface area (Å²) < 4.78 is 13.8.